The largest absolute Gasteiger partial charge is 0.478 e. The number of aryl methyl sites for hydroxylation is 1. The van der Waals surface area contributed by atoms with Crippen LogP contribution in [-0.4, -0.2) is 32.8 Å². The second-order valence-electron chi connectivity index (χ2n) is 5.19. The number of hydrogen-bond acceptors (Lipinski definition) is 3. The lowest BCUT2D eigenvalue weighted by atomic mass is 10.1. The molecule has 1 aromatic heterocycles. The van der Waals surface area contributed by atoms with Crippen LogP contribution in [0.4, 0.5) is 5.69 Å². The average Bonchev–Trinajstić information content (AvgIpc) is 2.97. The summed E-state index contributed by atoms with van der Waals surface area (Å²) in [5.74, 6) is -1.48. The molecule has 6 heteroatoms. The number of carbonyl (C=O) groups is 2. The molecule has 108 valence electrons. The van der Waals surface area contributed by atoms with Gasteiger partial charge in [-0.1, -0.05) is 18.2 Å². The van der Waals surface area contributed by atoms with Gasteiger partial charge in [0.1, 0.15) is 11.3 Å². The SMILES string of the molecule is CC1Cc2ccccc2N1C(=O)c1c(C(=O)O)cnn1C. The molecule has 6 nitrogen and oxygen atoms in total. The zero-order valence-corrected chi connectivity index (χ0v) is 11.8. The third-order valence-corrected chi connectivity index (χ3v) is 3.80. The summed E-state index contributed by atoms with van der Waals surface area (Å²) in [6.07, 6.45) is 1.98. The molecule has 1 aliphatic heterocycles. The van der Waals surface area contributed by atoms with Gasteiger partial charge in [-0.25, -0.2) is 4.79 Å². The summed E-state index contributed by atoms with van der Waals surface area (Å²) in [7, 11) is 1.58. The smallest absolute Gasteiger partial charge is 0.339 e. The minimum Gasteiger partial charge on any atom is -0.478 e. The van der Waals surface area contributed by atoms with E-state index in [0.717, 1.165) is 17.7 Å². The fourth-order valence-corrected chi connectivity index (χ4v) is 2.84. The number of nitrogens with zero attached hydrogens (tertiary/aromatic N) is 3. The fraction of sp³-hybridized carbons (Fsp3) is 0.267. The minimum atomic E-state index is -1.15. The third kappa shape index (κ3) is 1.99. The Hall–Kier alpha value is -2.63. The Bertz CT molecular complexity index is 736. The number of fused-ring (bicyclic) bond motifs is 1. The number of aromatic carboxylic acids is 1. The quantitative estimate of drug-likeness (QED) is 0.911. The lowest BCUT2D eigenvalue weighted by molar-refractivity contribution is 0.0691. The van der Waals surface area contributed by atoms with Crippen molar-refractivity contribution in [2.45, 2.75) is 19.4 Å². The maximum atomic E-state index is 12.8. The van der Waals surface area contributed by atoms with Crippen molar-refractivity contribution in [2.24, 2.45) is 7.05 Å². The lowest BCUT2D eigenvalue weighted by Crippen LogP contribution is -2.37. The van der Waals surface area contributed by atoms with Crippen LogP contribution in [0, 0.1) is 0 Å². The van der Waals surface area contributed by atoms with Crippen LogP contribution in [0.15, 0.2) is 30.5 Å². The Morgan fingerprint density at radius 1 is 1.33 bits per heavy atom. The summed E-state index contributed by atoms with van der Waals surface area (Å²) < 4.78 is 1.32. The third-order valence-electron chi connectivity index (χ3n) is 3.80. The highest BCUT2D eigenvalue weighted by molar-refractivity contribution is 6.11. The summed E-state index contributed by atoms with van der Waals surface area (Å²) in [5, 5.41) is 13.1. The fourth-order valence-electron chi connectivity index (χ4n) is 2.84. The van der Waals surface area contributed by atoms with Crippen LogP contribution < -0.4 is 4.90 Å². The van der Waals surface area contributed by atoms with Crippen molar-refractivity contribution in [1.82, 2.24) is 9.78 Å². The number of aromatic nitrogens is 2. The first-order valence-electron chi connectivity index (χ1n) is 6.67. The molecule has 0 saturated carbocycles. The van der Waals surface area contributed by atoms with Crippen molar-refractivity contribution in [3.8, 4) is 0 Å². The van der Waals surface area contributed by atoms with Gasteiger partial charge in [-0.2, -0.15) is 5.10 Å². The van der Waals surface area contributed by atoms with E-state index in [9.17, 15) is 14.7 Å². The molecule has 0 radical (unpaired) electrons. The maximum absolute atomic E-state index is 12.8. The van der Waals surface area contributed by atoms with Gasteiger partial charge in [0.25, 0.3) is 5.91 Å². The molecule has 1 unspecified atom stereocenters. The van der Waals surface area contributed by atoms with E-state index in [1.807, 2.05) is 31.2 Å². The average molecular weight is 285 g/mol. The van der Waals surface area contributed by atoms with Crippen molar-refractivity contribution >= 4 is 17.6 Å². The van der Waals surface area contributed by atoms with Gasteiger partial charge in [-0.3, -0.25) is 9.48 Å². The van der Waals surface area contributed by atoms with Crippen LogP contribution in [0.1, 0.15) is 33.3 Å². The second kappa shape index (κ2) is 4.73. The highest BCUT2D eigenvalue weighted by Gasteiger charge is 2.34. The van der Waals surface area contributed by atoms with Crippen LogP contribution in [0.2, 0.25) is 0 Å². The Labute approximate surface area is 121 Å². The molecule has 1 amide bonds. The monoisotopic (exact) mass is 285 g/mol. The number of amides is 1. The standard InChI is InChI=1S/C15H15N3O3/c1-9-7-10-5-3-4-6-12(10)18(9)14(19)13-11(15(20)21)8-16-17(13)2/h3-6,8-9H,7H2,1-2H3,(H,20,21). The number of hydrogen-bond donors (Lipinski definition) is 1. The predicted molar refractivity (Wildman–Crippen MR) is 76.6 cm³/mol. The first-order chi connectivity index (χ1) is 10.0. The summed E-state index contributed by atoms with van der Waals surface area (Å²) >= 11 is 0. The molecule has 0 aliphatic carbocycles. The summed E-state index contributed by atoms with van der Waals surface area (Å²) in [4.78, 5) is 25.7. The number of carbonyl (C=O) groups excluding carboxylic acids is 1. The molecule has 2 heterocycles. The van der Waals surface area contributed by atoms with Crippen molar-refractivity contribution in [1.29, 1.82) is 0 Å². The second-order valence-corrected chi connectivity index (χ2v) is 5.19. The molecule has 21 heavy (non-hydrogen) atoms. The summed E-state index contributed by atoms with van der Waals surface area (Å²) in [5.41, 5.74) is 1.97. The Balaban J connectivity index is 2.08. The van der Waals surface area contributed by atoms with E-state index in [0.29, 0.717) is 0 Å². The predicted octanol–water partition coefficient (Wildman–Crippen LogP) is 1.71. The summed E-state index contributed by atoms with van der Waals surface area (Å²) in [6, 6.07) is 7.67. The van der Waals surface area contributed by atoms with E-state index in [4.69, 9.17) is 0 Å². The molecule has 0 spiro atoms. The molecule has 1 aromatic carbocycles. The maximum Gasteiger partial charge on any atom is 0.339 e. The van der Waals surface area contributed by atoms with Gasteiger partial charge in [0.15, 0.2) is 0 Å². The van der Waals surface area contributed by atoms with Crippen molar-refractivity contribution in [3.05, 3.63) is 47.3 Å². The molecule has 2 aromatic rings. The van der Waals surface area contributed by atoms with Gasteiger partial charge in [0.05, 0.1) is 6.20 Å². The van der Waals surface area contributed by atoms with Gasteiger partial charge >= 0.3 is 5.97 Å². The van der Waals surface area contributed by atoms with E-state index in [-0.39, 0.29) is 23.2 Å². The highest BCUT2D eigenvalue weighted by atomic mass is 16.4. The van der Waals surface area contributed by atoms with E-state index >= 15 is 0 Å². The van der Waals surface area contributed by atoms with Crippen LogP contribution >= 0.6 is 0 Å². The molecule has 1 atom stereocenters. The molecule has 3 rings (SSSR count). The minimum absolute atomic E-state index is 0.00792. The van der Waals surface area contributed by atoms with Gasteiger partial charge < -0.3 is 10.0 Å². The zero-order valence-electron chi connectivity index (χ0n) is 11.8. The van der Waals surface area contributed by atoms with Gasteiger partial charge in [0, 0.05) is 18.8 Å². The van der Waals surface area contributed by atoms with Crippen LogP contribution in [0.5, 0.6) is 0 Å². The molecule has 0 bridgehead atoms. The van der Waals surface area contributed by atoms with Crippen LogP contribution in [0.25, 0.3) is 0 Å². The number of carboxylic acids is 1. The van der Waals surface area contributed by atoms with Crippen molar-refractivity contribution < 1.29 is 14.7 Å². The number of rotatable bonds is 2. The Morgan fingerprint density at radius 3 is 2.76 bits per heavy atom. The highest BCUT2D eigenvalue weighted by Crippen LogP contribution is 2.33. The van der Waals surface area contributed by atoms with Crippen LogP contribution in [0.3, 0.4) is 0 Å². The Morgan fingerprint density at radius 2 is 2.05 bits per heavy atom. The van der Waals surface area contributed by atoms with Crippen molar-refractivity contribution in [3.63, 3.8) is 0 Å². The van der Waals surface area contributed by atoms with E-state index in [1.165, 1.54) is 10.9 Å². The number of benzene rings is 1. The number of para-hydroxylation sites is 1. The Kier molecular flexibility index (Phi) is 3.01. The molecular weight excluding hydrogens is 270 g/mol. The van der Waals surface area contributed by atoms with E-state index < -0.39 is 5.97 Å². The van der Waals surface area contributed by atoms with E-state index in [2.05, 4.69) is 5.10 Å². The molecule has 1 aliphatic rings. The van der Waals surface area contributed by atoms with Crippen LogP contribution in [-0.2, 0) is 13.5 Å². The molecule has 0 saturated heterocycles. The normalized spacial score (nSPS) is 16.9. The van der Waals surface area contributed by atoms with E-state index in [1.54, 1.807) is 11.9 Å². The first-order valence-corrected chi connectivity index (χ1v) is 6.67. The van der Waals surface area contributed by atoms with Crippen molar-refractivity contribution in [2.75, 3.05) is 4.90 Å². The number of anilines is 1. The molecular formula is C15H15N3O3. The van der Waals surface area contributed by atoms with Gasteiger partial charge in [0.2, 0.25) is 0 Å². The summed E-state index contributed by atoms with van der Waals surface area (Å²) in [6.45, 7) is 1.95. The topological polar surface area (TPSA) is 75.4 Å². The first kappa shape index (κ1) is 13.4. The van der Waals surface area contributed by atoms with Gasteiger partial charge in [-0.05, 0) is 25.0 Å². The molecule has 1 N–H and O–H groups in total. The molecule has 0 fully saturated rings. The zero-order chi connectivity index (χ0) is 15.1. The number of carboxylic acid groups (broad SMARTS) is 1. The lowest BCUT2D eigenvalue weighted by Gasteiger charge is -2.23. The van der Waals surface area contributed by atoms with Gasteiger partial charge in [-0.15, -0.1) is 0 Å².